The zero-order valence-electron chi connectivity index (χ0n) is 15.7. The number of hydrogen-bond donors (Lipinski definition) is 2. The van der Waals surface area contributed by atoms with Crippen molar-refractivity contribution in [2.75, 3.05) is 11.9 Å². The molecule has 4 aliphatic carbocycles. The molecule has 0 aromatic carbocycles. The first-order valence-electron chi connectivity index (χ1n) is 10.1. The summed E-state index contributed by atoms with van der Waals surface area (Å²) in [4.78, 5) is 20.9. The van der Waals surface area contributed by atoms with Crippen molar-refractivity contribution in [3.05, 3.63) is 17.5 Å². The van der Waals surface area contributed by atoms with Crippen LogP contribution in [0.3, 0.4) is 0 Å². The molecule has 1 aromatic heterocycles. The Hall–Kier alpha value is -1.69. The number of hydrogen-bond acceptors (Lipinski definition) is 5. The maximum absolute atomic E-state index is 11.8. The Labute approximate surface area is 155 Å². The second-order valence-corrected chi connectivity index (χ2v) is 8.48. The van der Waals surface area contributed by atoms with E-state index in [2.05, 4.69) is 10.3 Å². The van der Waals surface area contributed by atoms with Crippen LogP contribution in [0.5, 0.6) is 0 Å². The Morgan fingerprint density at radius 2 is 2.08 bits per heavy atom. The van der Waals surface area contributed by atoms with E-state index in [9.17, 15) is 4.79 Å². The van der Waals surface area contributed by atoms with E-state index in [0.29, 0.717) is 29.1 Å². The number of aromatic nitrogens is 2. The van der Waals surface area contributed by atoms with Crippen molar-refractivity contribution in [3.63, 3.8) is 0 Å². The van der Waals surface area contributed by atoms with Gasteiger partial charge in [-0.25, -0.2) is 9.97 Å². The van der Waals surface area contributed by atoms with E-state index >= 15 is 0 Å². The number of carbonyl (C=O) groups is 1. The fourth-order valence-electron chi connectivity index (χ4n) is 5.29. The van der Waals surface area contributed by atoms with Gasteiger partial charge in [0.1, 0.15) is 0 Å². The van der Waals surface area contributed by atoms with Gasteiger partial charge < -0.3 is 15.8 Å². The lowest BCUT2D eigenvalue weighted by Crippen LogP contribution is -2.33. The van der Waals surface area contributed by atoms with Crippen LogP contribution in [0.1, 0.15) is 74.3 Å². The number of nitrogens with two attached hydrogens (primary N) is 1. The minimum atomic E-state index is -0.422. The van der Waals surface area contributed by atoms with Crippen molar-refractivity contribution in [2.45, 2.75) is 76.9 Å². The summed E-state index contributed by atoms with van der Waals surface area (Å²) in [5.74, 6) is 1.11. The normalized spacial score (nSPS) is 32.9. The molecule has 26 heavy (non-hydrogen) atoms. The second-order valence-electron chi connectivity index (χ2n) is 8.48. The summed E-state index contributed by atoms with van der Waals surface area (Å²) in [6.07, 6.45) is 12.3. The molecular weight excluding hydrogens is 328 g/mol. The number of nitrogens with zero attached hydrogens (tertiary/aromatic N) is 2. The maximum atomic E-state index is 11.8. The number of carbonyl (C=O) groups excluding carboxylic acids is 1. The molecule has 6 nitrogen and oxygen atoms in total. The van der Waals surface area contributed by atoms with Crippen LogP contribution in [-0.2, 0) is 11.2 Å². The van der Waals surface area contributed by atoms with Crippen LogP contribution in [0.15, 0.2) is 6.20 Å². The number of nitrogens with one attached hydrogen (secondary N) is 1. The molecule has 4 aliphatic rings. The standard InChI is InChI=1S/C20H30N4O2/c1-2-26-15-5-3-14(4-6-15)23-19-22-12-16(18(21)25)17(24-19)11-20-8-7-13(9-20)10-20/h12-15H,2-11H2,1H3,(H2,21,25)(H,22,23,24). The van der Waals surface area contributed by atoms with Crippen LogP contribution in [0, 0.1) is 11.3 Å². The number of anilines is 1. The lowest BCUT2D eigenvalue weighted by atomic mass is 9.67. The fourth-order valence-corrected chi connectivity index (χ4v) is 5.29. The molecule has 0 spiro atoms. The van der Waals surface area contributed by atoms with Crippen LogP contribution < -0.4 is 11.1 Å². The monoisotopic (exact) mass is 358 g/mol. The van der Waals surface area contributed by atoms with Gasteiger partial charge >= 0.3 is 0 Å². The van der Waals surface area contributed by atoms with Crippen molar-refractivity contribution in [3.8, 4) is 0 Å². The third-order valence-electron chi connectivity index (χ3n) is 6.61. The van der Waals surface area contributed by atoms with Crippen LogP contribution in [0.25, 0.3) is 0 Å². The van der Waals surface area contributed by atoms with Gasteiger partial charge in [-0.1, -0.05) is 0 Å². The van der Waals surface area contributed by atoms with Crippen LogP contribution >= 0.6 is 0 Å². The molecule has 6 heteroatoms. The molecule has 4 fully saturated rings. The minimum Gasteiger partial charge on any atom is -0.379 e. The van der Waals surface area contributed by atoms with Gasteiger partial charge in [0.2, 0.25) is 5.95 Å². The van der Waals surface area contributed by atoms with Gasteiger partial charge in [-0.15, -0.1) is 0 Å². The molecule has 1 aromatic rings. The number of amides is 1. The van der Waals surface area contributed by atoms with Gasteiger partial charge in [0.05, 0.1) is 17.4 Å². The largest absolute Gasteiger partial charge is 0.379 e. The zero-order chi connectivity index (χ0) is 18.1. The molecule has 3 N–H and O–H groups in total. The summed E-state index contributed by atoms with van der Waals surface area (Å²) >= 11 is 0. The van der Waals surface area contributed by atoms with Crippen LogP contribution in [-0.4, -0.2) is 34.6 Å². The first kappa shape index (κ1) is 17.7. The van der Waals surface area contributed by atoms with Crippen molar-refractivity contribution < 1.29 is 9.53 Å². The molecule has 5 rings (SSSR count). The SMILES string of the molecule is CCOC1CCC(Nc2ncc(C(N)=O)c(CC34CCC(C3)C4)n2)CC1. The van der Waals surface area contributed by atoms with E-state index in [1.54, 1.807) is 6.20 Å². The van der Waals surface area contributed by atoms with Gasteiger partial charge in [-0.3, -0.25) is 4.79 Å². The predicted octanol–water partition coefficient (Wildman–Crippen LogP) is 3.07. The lowest BCUT2D eigenvalue weighted by Gasteiger charge is -2.38. The Kier molecular flexibility index (Phi) is 4.86. The lowest BCUT2D eigenvalue weighted by molar-refractivity contribution is 0.0346. The van der Waals surface area contributed by atoms with Gasteiger partial charge in [-0.2, -0.15) is 0 Å². The molecule has 0 atom stereocenters. The molecule has 0 saturated heterocycles. The number of ether oxygens (including phenoxy) is 1. The molecule has 0 unspecified atom stereocenters. The summed E-state index contributed by atoms with van der Waals surface area (Å²) < 4.78 is 5.72. The van der Waals surface area contributed by atoms with Crippen molar-refractivity contribution in [2.24, 2.45) is 17.1 Å². The van der Waals surface area contributed by atoms with Crippen LogP contribution in [0.2, 0.25) is 0 Å². The summed E-state index contributed by atoms with van der Waals surface area (Å²) in [6.45, 7) is 2.83. The van der Waals surface area contributed by atoms with Gasteiger partial charge in [0, 0.05) is 18.8 Å². The molecule has 1 heterocycles. The molecule has 0 aliphatic heterocycles. The molecule has 2 bridgehead atoms. The van der Waals surface area contributed by atoms with E-state index in [0.717, 1.165) is 50.3 Å². The van der Waals surface area contributed by atoms with Crippen molar-refractivity contribution >= 4 is 11.9 Å². The molecule has 4 saturated carbocycles. The van der Waals surface area contributed by atoms with E-state index < -0.39 is 5.91 Å². The highest BCUT2D eigenvalue weighted by molar-refractivity contribution is 5.93. The topological polar surface area (TPSA) is 90.1 Å². The number of rotatable bonds is 7. The van der Waals surface area contributed by atoms with Gasteiger partial charge in [0.15, 0.2) is 0 Å². The Morgan fingerprint density at radius 1 is 1.31 bits per heavy atom. The highest BCUT2D eigenvalue weighted by Gasteiger charge is 2.50. The molecule has 1 amide bonds. The molecule has 142 valence electrons. The number of primary amides is 1. The summed E-state index contributed by atoms with van der Waals surface area (Å²) in [6, 6.07) is 0.372. The Balaban J connectivity index is 1.44. The third kappa shape index (κ3) is 3.56. The Morgan fingerprint density at radius 3 is 2.69 bits per heavy atom. The average Bonchev–Trinajstić information content (AvgIpc) is 3.17. The smallest absolute Gasteiger partial charge is 0.252 e. The first-order chi connectivity index (χ1) is 12.6. The third-order valence-corrected chi connectivity index (χ3v) is 6.61. The van der Waals surface area contributed by atoms with Gasteiger partial charge in [0.25, 0.3) is 5.91 Å². The second kappa shape index (κ2) is 7.14. The summed E-state index contributed by atoms with van der Waals surface area (Å²) in [5.41, 5.74) is 7.25. The molecular formula is C20H30N4O2. The first-order valence-corrected chi connectivity index (χ1v) is 10.1. The highest BCUT2D eigenvalue weighted by Crippen LogP contribution is 2.60. The minimum absolute atomic E-state index is 0.357. The van der Waals surface area contributed by atoms with E-state index in [1.165, 1.54) is 25.7 Å². The van der Waals surface area contributed by atoms with E-state index in [4.69, 9.17) is 15.5 Å². The predicted molar refractivity (Wildman–Crippen MR) is 99.9 cm³/mol. The summed E-state index contributed by atoms with van der Waals surface area (Å²) in [7, 11) is 0. The molecule has 0 radical (unpaired) electrons. The average molecular weight is 358 g/mol. The van der Waals surface area contributed by atoms with Crippen molar-refractivity contribution in [1.29, 1.82) is 0 Å². The zero-order valence-corrected chi connectivity index (χ0v) is 15.7. The van der Waals surface area contributed by atoms with Crippen molar-refractivity contribution in [1.82, 2.24) is 9.97 Å². The van der Waals surface area contributed by atoms with E-state index in [1.807, 2.05) is 6.92 Å². The quantitative estimate of drug-likeness (QED) is 0.782. The van der Waals surface area contributed by atoms with Crippen LogP contribution in [0.4, 0.5) is 5.95 Å². The Bertz CT molecular complexity index is 658. The number of fused-ring (bicyclic) bond motifs is 1. The van der Waals surface area contributed by atoms with E-state index in [-0.39, 0.29) is 0 Å². The van der Waals surface area contributed by atoms with Gasteiger partial charge in [-0.05, 0) is 76.0 Å². The summed E-state index contributed by atoms with van der Waals surface area (Å²) in [5, 5.41) is 3.47. The highest BCUT2D eigenvalue weighted by atomic mass is 16.5. The fraction of sp³-hybridized carbons (Fsp3) is 0.750. The maximum Gasteiger partial charge on any atom is 0.252 e.